The van der Waals surface area contributed by atoms with E-state index in [1.807, 2.05) is 11.8 Å². The molecule has 3 aliphatic rings. The van der Waals surface area contributed by atoms with Gasteiger partial charge in [-0.05, 0) is 62.1 Å². The second-order valence-electron chi connectivity index (χ2n) is 8.81. The van der Waals surface area contributed by atoms with Crippen LogP contribution in [0, 0.1) is 18.8 Å². The van der Waals surface area contributed by atoms with Gasteiger partial charge in [0.25, 0.3) is 5.91 Å². The predicted octanol–water partition coefficient (Wildman–Crippen LogP) is 2.81. The molecule has 1 aromatic heterocycles. The number of ether oxygens (including phenoxy) is 1. The Labute approximate surface area is 171 Å². The van der Waals surface area contributed by atoms with Crippen LogP contribution in [0.4, 0.5) is 0 Å². The second-order valence-corrected chi connectivity index (χ2v) is 8.81. The highest BCUT2D eigenvalue weighted by Crippen LogP contribution is 2.44. The van der Waals surface area contributed by atoms with Crippen molar-refractivity contribution in [2.24, 2.45) is 11.8 Å². The van der Waals surface area contributed by atoms with Gasteiger partial charge in [0.15, 0.2) is 5.69 Å². The molecule has 7 nitrogen and oxygen atoms in total. The normalized spacial score (nSPS) is 29.4. The number of fused-ring (bicyclic) bond motifs is 4. The van der Waals surface area contributed by atoms with Crippen molar-refractivity contribution in [2.75, 3.05) is 26.7 Å². The third-order valence-corrected chi connectivity index (χ3v) is 7.10. The highest BCUT2D eigenvalue weighted by molar-refractivity contribution is 5.93. The van der Waals surface area contributed by atoms with Crippen molar-refractivity contribution in [3.8, 4) is 5.75 Å². The van der Waals surface area contributed by atoms with E-state index in [2.05, 4.69) is 44.6 Å². The van der Waals surface area contributed by atoms with Crippen LogP contribution in [0.1, 0.15) is 53.5 Å². The number of nitrogens with zero attached hydrogens (tertiary/aromatic N) is 4. The van der Waals surface area contributed by atoms with Crippen LogP contribution in [0.2, 0.25) is 0 Å². The number of carbonyl (C=O) groups is 1. The summed E-state index contributed by atoms with van der Waals surface area (Å²) in [5.74, 6) is 2.01. The van der Waals surface area contributed by atoms with Gasteiger partial charge in [-0.3, -0.25) is 9.69 Å². The molecule has 29 heavy (non-hydrogen) atoms. The molecule has 0 spiro atoms. The summed E-state index contributed by atoms with van der Waals surface area (Å²) in [6.45, 7) is 4.56. The minimum Gasteiger partial charge on any atom is -0.497 e. The molecule has 2 aromatic rings. The van der Waals surface area contributed by atoms with E-state index in [1.54, 1.807) is 7.11 Å². The first-order valence-corrected chi connectivity index (χ1v) is 10.7. The number of aryl methyl sites for hydroxylation is 1. The Morgan fingerprint density at radius 3 is 2.69 bits per heavy atom. The maximum absolute atomic E-state index is 13.0. The highest BCUT2D eigenvalue weighted by Gasteiger charge is 2.46. The Balaban J connectivity index is 1.35. The highest BCUT2D eigenvalue weighted by atomic mass is 16.5. The van der Waals surface area contributed by atoms with Crippen LogP contribution in [-0.4, -0.2) is 63.9 Å². The van der Waals surface area contributed by atoms with Gasteiger partial charge >= 0.3 is 0 Å². The quantitative estimate of drug-likeness (QED) is 0.865. The van der Waals surface area contributed by atoms with E-state index in [1.165, 1.54) is 31.2 Å². The number of hydrogen-bond donors (Lipinski definition) is 1. The van der Waals surface area contributed by atoms with Crippen LogP contribution in [0.15, 0.2) is 24.3 Å². The van der Waals surface area contributed by atoms with Gasteiger partial charge in [-0.1, -0.05) is 12.1 Å². The predicted molar refractivity (Wildman–Crippen MR) is 109 cm³/mol. The molecule has 1 amide bonds. The number of rotatable bonds is 3. The topological polar surface area (TPSA) is 74.3 Å². The molecule has 154 valence electrons. The van der Waals surface area contributed by atoms with Gasteiger partial charge < -0.3 is 9.64 Å². The lowest BCUT2D eigenvalue weighted by Crippen LogP contribution is -2.60. The van der Waals surface area contributed by atoms with Crippen LogP contribution in [0.5, 0.6) is 5.75 Å². The minimum absolute atomic E-state index is 0.0295. The number of benzene rings is 1. The average Bonchev–Trinajstić information content (AvgIpc) is 3.18. The SMILES string of the molecule is COc1ccc([C@H]2CCC[C@H]3[C@@H]4C[C@@H](CN(C(=O)c5n[nH]nc5C)C4)CN23)cc1. The maximum Gasteiger partial charge on any atom is 0.276 e. The summed E-state index contributed by atoms with van der Waals surface area (Å²) >= 11 is 0. The minimum atomic E-state index is 0.0295. The molecule has 5 rings (SSSR count). The van der Waals surface area contributed by atoms with Gasteiger partial charge in [-0.25, -0.2) is 0 Å². The van der Waals surface area contributed by atoms with Gasteiger partial charge in [0.1, 0.15) is 5.75 Å². The zero-order valence-corrected chi connectivity index (χ0v) is 17.2. The molecular weight excluding hydrogens is 366 g/mol. The van der Waals surface area contributed by atoms with Gasteiger partial charge in [0.05, 0.1) is 12.8 Å². The standard InChI is InChI=1S/C22H29N5O2/c1-14-21(24-25-23-14)22(28)26-11-15-10-17(13-26)20-5-3-4-19(27(20)12-15)16-6-8-18(29-2)9-7-16/h6-9,15,17,19-20H,3-5,10-13H2,1-2H3,(H,23,24,25)/t15-,17+,19+,20-/m0/s1. The van der Waals surface area contributed by atoms with Crippen molar-refractivity contribution in [3.05, 3.63) is 41.2 Å². The Bertz CT molecular complexity index is 880. The molecule has 0 unspecified atom stereocenters. The maximum atomic E-state index is 13.0. The number of aromatic nitrogens is 3. The van der Waals surface area contributed by atoms with Crippen molar-refractivity contribution in [3.63, 3.8) is 0 Å². The summed E-state index contributed by atoms with van der Waals surface area (Å²) in [5, 5.41) is 10.7. The number of piperidine rings is 3. The van der Waals surface area contributed by atoms with Crippen molar-refractivity contribution >= 4 is 5.91 Å². The second kappa shape index (κ2) is 7.44. The fourth-order valence-corrected chi connectivity index (χ4v) is 5.79. The van der Waals surface area contributed by atoms with Crippen molar-refractivity contribution in [1.82, 2.24) is 25.2 Å². The number of likely N-dealkylation sites (tertiary alicyclic amines) is 1. The molecule has 1 aromatic carbocycles. The Morgan fingerprint density at radius 1 is 1.14 bits per heavy atom. The first-order chi connectivity index (χ1) is 14.1. The summed E-state index contributed by atoms with van der Waals surface area (Å²) in [6.07, 6.45) is 4.92. The monoisotopic (exact) mass is 395 g/mol. The molecule has 0 saturated carbocycles. The summed E-state index contributed by atoms with van der Waals surface area (Å²) in [6, 6.07) is 9.62. The van der Waals surface area contributed by atoms with E-state index in [0.29, 0.717) is 35.3 Å². The number of aromatic amines is 1. The fourth-order valence-electron chi connectivity index (χ4n) is 5.79. The van der Waals surface area contributed by atoms with Crippen molar-refractivity contribution < 1.29 is 9.53 Å². The smallest absolute Gasteiger partial charge is 0.276 e. The molecule has 2 bridgehead atoms. The Kier molecular flexibility index (Phi) is 4.78. The van der Waals surface area contributed by atoms with Gasteiger partial charge in [-0.2, -0.15) is 15.4 Å². The van der Waals surface area contributed by atoms with Crippen LogP contribution in [-0.2, 0) is 0 Å². The number of carbonyl (C=O) groups excluding carboxylic acids is 1. The summed E-state index contributed by atoms with van der Waals surface area (Å²) < 4.78 is 5.33. The molecule has 1 N–H and O–H groups in total. The van der Waals surface area contributed by atoms with E-state index in [4.69, 9.17) is 4.74 Å². The zero-order chi connectivity index (χ0) is 20.0. The molecule has 3 aliphatic heterocycles. The third kappa shape index (κ3) is 3.31. The molecule has 3 fully saturated rings. The molecule has 7 heteroatoms. The molecule has 3 saturated heterocycles. The zero-order valence-electron chi connectivity index (χ0n) is 17.2. The number of hydrogen-bond acceptors (Lipinski definition) is 5. The first-order valence-electron chi connectivity index (χ1n) is 10.7. The summed E-state index contributed by atoms with van der Waals surface area (Å²) in [5.41, 5.74) is 2.55. The van der Waals surface area contributed by atoms with E-state index >= 15 is 0 Å². The molecule has 4 heterocycles. The Morgan fingerprint density at radius 2 is 1.97 bits per heavy atom. The van der Waals surface area contributed by atoms with E-state index in [9.17, 15) is 4.79 Å². The number of nitrogens with one attached hydrogen (secondary N) is 1. The van der Waals surface area contributed by atoms with Crippen LogP contribution in [0.3, 0.4) is 0 Å². The molecule has 4 atom stereocenters. The number of H-pyrrole nitrogens is 1. The van der Waals surface area contributed by atoms with Gasteiger partial charge in [-0.15, -0.1) is 0 Å². The molecule has 0 radical (unpaired) electrons. The summed E-state index contributed by atoms with van der Waals surface area (Å²) in [4.78, 5) is 17.8. The number of amides is 1. The van der Waals surface area contributed by atoms with Crippen LogP contribution in [0.25, 0.3) is 0 Å². The van der Waals surface area contributed by atoms with Gasteiger partial charge in [0, 0.05) is 31.7 Å². The lowest BCUT2D eigenvalue weighted by Gasteiger charge is -2.55. The lowest BCUT2D eigenvalue weighted by atomic mass is 9.74. The van der Waals surface area contributed by atoms with Gasteiger partial charge in [0.2, 0.25) is 0 Å². The van der Waals surface area contributed by atoms with E-state index < -0.39 is 0 Å². The van der Waals surface area contributed by atoms with Crippen LogP contribution >= 0.6 is 0 Å². The third-order valence-electron chi connectivity index (χ3n) is 7.10. The van der Waals surface area contributed by atoms with E-state index in [0.717, 1.165) is 25.4 Å². The average molecular weight is 396 g/mol. The Hall–Kier alpha value is -2.41. The van der Waals surface area contributed by atoms with E-state index in [-0.39, 0.29) is 5.91 Å². The number of methoxy groups -OCH3 is 1. The molecular formula is C22H29N5O2. The van der Waals surface area contributed by atoms with Crippen molar-refractivity contribution in [1.29, 1.82) is 0 Å². The largest absolute Gasteiger partial charge is 0.497 e. The fraction of sp³-hybridized carbons (Fsp3) is 0.591. The molecule has 0 aliphatic carbocycles. The summed E-state index contributed by atoms with van der Waals surface area (Å²) in [7, 11) is 1.71. The first kappa shape index (κ1) is 18.6. The lowest BCUT2D eigenvalue weighted by molar-refractivity contribution is -0.0512. The van der Waals surface area contributed by atoms with Crippen molar-refractivity contribution in [2.45, 2.75) is 44.7 Å². The van der Waals surface area contributed by atoms with Crippen LogP contribution < -0.4 is 4.74 Å².